The predicted octanol–water partition coefficient (Wildman–Crippen LogP) is 4.27. The van der Waals surface area contributed by atoms with E-state index in [-0.39, 0.29) is 30.8 Å². The highest BCUT2D eigenvalue weighted by atomic mass is 35.5. The second-order valence-corrected chi connectivity index (χ2v) is 8.46. The minimum atomic E-state index is -0.768. The number of benzene rings is 3. The first-order chi connectivity index (χ1) is 15.3. The third-order valence-corrected chi connectivity index (χ3v) is 6.30. The Bertz CT molecular complexity index is 1240. The van der Waals surface area contributed by atoms with E-state index in [1.807, 2.05) is 30.3 Å². The third kappa shape index (κ3) is 3.92. The fraction of sp³-hybridized carbons (Fsp3) is 0.208. The van der Waals surface area contributed by atoms with Gasteiger partial charge >= 0.3 is 0 Å². The van der Waals surface area contributed by atoms with Crippen molar-refractivity contribution in [3.8, 4) is 0 Å². The zero-order valence-electron chi connectivity index (χ0n) is 17.6. The number of likely N-dealkylation sites (N-methyl/N-ethyl adjacent to an activating group) is 1. The van der Waals surface area contributed by atoms with Gasteiger partial charge in [0, 0.05) is 34.6 Å². The highest BCUT2D eigenvalue weighted by Crippen LogP contribution is 2.37. The van der Waals surface area contributed by atoms with E-state index in [4.69, 9.17) is 23.2 Å². The summed E-state index contributed by atoms with van der Waals surface area (Å²) < 4.78 is 0. The molecule has 1 N–H and O–H groups in total. The lowest BCUT2D eigenvalue weighted by Crippen LogP contribution is -2.50. The molecule has 8 heteroatoms. The first-order valence-corrected chi connectivity index (χ1v) is 10.9. The second kappa shape index (κ2) is 8.81. The smallest absolute Gasteiger partial charge is 0.259 e. The molecular weight excluding hydrogens is 449 g/mol. The van der Waals surface area contributed by atoms with Gasteiger partial charge in [0.2, 0.25) is 11.8 Å². The van der Waals surface area contributed by atoms with Crippen LogP contribution in [0.25, 0.3) is 10.8 Å². The van der Waals surface area contributed by atoms with Crippen LogP contribution < -0.4 is 10.2 Å². The van der Waals surface area contributed by atoms with Crippen molar-refractivity contribution in [1.29, 1.82) is 0 Å². The lowest BCUT2D eigenvalue weighted by Gasteiger charge is -2.30. The first kappa shape index (κ1) is 22.1. The van der Waals surface area contributed by atoms with Crippen LogP contribution in [-0.4, -0.2) is 42.3 Å². The second-order valence-electron chi connectivity index (χ2n) is 7.62. The van der Waals surface area contributed by atoms with Gasteiger partial charge < -0.3 is 10.2 Å². The van der Waals surface area contributed by atoms with Crippen LogP contribution in [0.4, 0.5) is 5.69 Å². The fourth-order valence-electron chi connectivity index (χ4n) is 3.99. The van der Waals surface area contributed by atoms with Crippen molar-refractivity contribution in [3.05, 3.63) is 75.8 Å². The van der Waals surface area contributed by atoms with Crippen molar-refractivity contribution in [2.24, 2.45) is 0 Å². The number of amides is 3. The minimum absolute atomic E-state index is 0.0998. The summed E-state index contributed by atoms with van der Waals surface area (Å²) in [6, 6.07) is 15.4. The molecule has 32 heavy (non-hydrogen) atoms. The number of nitrogens with one attached hydrogen (secondary N) is 1. The Kier molecular flexibility index (Phi) is 6.09. The number of hydrogen-bond donors (Lipinski definition) is 1. The molecule has 1 atom stereocenters. The van der Waals surface area contributed by atoms with Crippen molar-refractivity contribution in [3.63, 3.8) is 0 Å². The van der Waals surface area contributed by atoms with Crippen molar-refractivity contribution < 1.29 is 14.4 Å². The van der Waals surface area contributed by atoms with E-state index in [9.17, 15) is 14.4 Å². The fourth-order valence-corrected chi connectivity index (χ4v) is 4.46. The van der Waals surface area contributed by atoms with Crippen molar-refractivity contribution >= 4 is 57.4 Å². The SMILES string of the molecule is CNC(=O)C(C)N(Cc1ccc(Cl)cc1Cl)C(=O)CN1C(=O)c2cccc3cccc1c23. The number of carbonyl (C=O) groups is 3. The van der Waals surface area contributed by atoms with E-state index in [0.29, 0.717) is 26.9 Å². The molecule has 0 saturated heterocycles. The number of nitrogens with zero attached hydrogens (tertiary/aromatic N) is 2. The molecule has 0 spiro atoms. The van der Waals surface area contributed by atoms with Crippen LogP contribution in [0, 0.1) is 0 Å². The van der Waals surface area contributed by atoms with Crippen LogP contribution in [0.15, 0.2) is 54.6 Å². The van der Waals surface area contributed by atoms with Crippen LogP contribution in [-0.2, 0) is 16.1 Å². The number of rotatable bonds is 6. The summed E-state index contributed by atoms with van der Waals surface area (Å²) in [7, 11) is 1.51. The number of hydrogen-bond acceptors (Lipinski definition) is 3. The van der Waals surface area contributed by atoms with Gasteiger partial charge in [-0.2, -0.15) is 0 Å². The maximum atomic E-state index is 13.4. The molecule has 6 nitrogen and oxygen atoms in total. The van der Waals surface area contributed by atoms with Crippen LogP contribution in [0.3, 0.4) is 0 Å². The van der Waals surface area contributed by atoms with E-state index >= 15 is 0 Å². The minimum Gasteiger partial charge on any atom is -0.357 e. The van der Waals surface area contributed by atoms with E-state index in [2.05, 4.69) is 5.32 Å². The maximum absolute atomic E-state index is 13.4. The van der Waals surface area contributed by atoms with Crippen molar-refractivity contribution in [1.82, 2.24) is 10.2 Å². The molecule has 3 amide bonds. The van der Waals surface area contributed by atoms with Gasteiger partial charge in [-0.05, 0) is 42.1 Å². The molecule has 1 unspecified atom stereocenters. The van der Waals surface area contributed by atoms with Crippen LogP contribution in [0.2, 0.25) is 10.0 Å². The molecule has 1 heterocycles. The Hall–Kier alpha value is -3.09. The van der Waals surface area contributed by atoms with Crippen molar-refractivity contribution in [2.45, 2.75) is 19.5 Å². The summed E-state index contributed by atoms with van der Waals surface area (Å²) in [6.45, 7) is 1.55. The van der Waals surface area contributed by atoms with Gasteiger partial charge in [0.1, 0.15) is 12.6 Å². The van der Waals surface area contributed by atoms with Gasteiger partial charge in [-0.1, -0.05) is 53.5 Å². The number of halogens is 2. The topological polar surface area (TPSA) is 69.7 Å². The monoisotopic (exact) mass is 469 g/mol. The molecule has 1 aliphatic heterocycles. The average molecular weight is 470 g/mol. The summed E-state index contributed by atoms with van der Waals surface area (Å²) >= 11 is 12.3. The number of anilines is 1. The molecular formula is C24H21Cl2N3O3. The van der Waals surface area contributed by atoms with Gasteiger partial charge in [-0.25, -0.2) is 0 Å². The Morgan fingerprint density at radius 3 is 2.50 bits per heavy atom. The highest BCUT2D eigenvalue weighted by Gasteiger charge is 2.34. The maximum Gasteiger partial charge on any atom is 0.259 e. The Morgan fingerprint density at radius 2 is 1.81 bits per heavy atom. The van der Waals surface area contributed by atoms with Crippen molar-refractivity contribution in [2.75, 3.05) is 18.5 Å². The summed E-state index contributed by atoms with van der Waals surface area (Å²) in [5.74, 6) is -0.922. The Labute approximate surface area is 195 Å². The molecule has 0 fully saturated rings. The first-order valence-electron chi connectivity index (χ1n) is 10.1. The molecule has 0 radical (unpaired) electrons. The lowest BCUT2D eigenvalue weighted by molar-refractivity contribution is -0.139. The summed E-state index contributed by atoms with van der Waals surface area (Å²) in [4.78, 5) is 41.8. The summed E-state index contributed by atoms with van der Waals surface area (Å²) in [5.41, 5.74) is 1.91. The Morgan fingerprint density at radius 1 is 1.09 bits per heavy atom. The normalized spacial score (nSPS) is 13.4. The highest BCUT2D eigenvalue weighted by molar-refractivity contribution is 6.35. The van der Waals surface area contributed by atoms with Gasteiger partial charge in [0.05, 0.1) is 5.69 Å². The van der Waals surface area contributed by atoms with Gasteiger partial charge in [-0.15, -0.1) is 0 Å². The number of carbonyl (C=O) groups excluding carboxylic acids is 3. The van der Waals surface area contributed by atoms with E-state index in [0.717, 1.165) is 10.8 Å². The van der Waals surface area contributed by atoms with Crippen LogP contribution in [0.5, 0.6) is 0 Å². The van der Waals surface area contributed by atoms with Crippen LogP contribution in [0.1, 0.15) is 22.8 Å². The molecule has 4 rings (SSSR count). The van der Waals surface area contributed by atoms with Gasteiger partial charge in [0.25, 0.3) is 5.91 Å². The van der Waals surface area contributed by atoms with Crippen LogP contribution >= 0.6 is 23.2 Å². The standard InChI is InChI=1S/C24H21Cl2N3O3/c1-14(23(31)27-2)28(12-16-9-10-17(25)11-19(16)26)21(30)13-29-20-8-4-6-15-5-3-7-18(22(15)20)24(29)32/h3-11,14H,12-13H2,1-2H3,(H,27,31). The third-order valence-electron chi connectivity index (χ3n) is 5.71. The molecule has 0 aliphatic carbocycles. The van der Waals surface area contributed by atoms with E-state index in [1.165, 1.54) is 16.8 Å². The average Bonchev–Trinajstić information content (AvgIpc) is 3.05. The van der Waals surface area contributed by atoms with E-state index < -0.39 is 6.04 Å². The quantitative estimate of drug-likeness (QED) is 0.585. The predicted molar refractivity (Wildman–Crippen MR) is 126 cm³/mol. The molecule has 0 aromatic heterocycles. The van der Waals surface area contributed by atoms with Gasteiger partial charge in [0.15, 0.2) is 0 Å². The van der Waals surface area contributed by atoms with E-state index in [1.54, 1.807) is 31.2 Å². The molecule has 0 bridgehead atoms. The largest absolute Gasteiger partial charge is 0.357 e. The van der Waals surface area contributed by atoms with Gasteiger partial charge in [-0.3, -0.25) is 19.3 Å². The zero-order chi connectivity index (χ0) is 23.0. The molecule has 0 saturated carbocycles. The molecule has 3 aromatic carbocycles. The molecule has 3 aromatic rings. The Balaban J connectivity index is 1.65. The molecule has 1 aliphatic rings. The zero-order valence-corrected chi connectivity index (χ0v) is 19.1. The summed E-state index contributed by atoms with van der Waals surface area (Å²) in [6.07, 6.45) is 0. The lowest BCUT2D eigenvalue weighted by atomic mass is 10.1. The molecule has 164 valence electrons. The summed E-state index contributed by atoms with van der Waals surface area (Å²) in [5, 5.41) is 5.22.